The van der Waals surface area contributed by atoms with Crippen molar-refractivity contribution in [3.8, 4) is 5.75 Å². The van der Waals surface area contributed by atoms with Gasteiger partial charge in [0.15, 0.2) is 6.61 Å². The average Bonchev–Trinajstić information content (AvgIpc) is 2.92. The summed E-state index contributed by atoms with van der Waals surface area (Å²) < 4.78 is 46.7. The lowest BCUT2D eigenvalue weighted by Gasteiger charge is -2.28. The maximum absolute atomic E-state index is 13.9. The van der Waals surface area contributed by atoms with Crippen molar-refractivity contribution in [2.24, 2.45) is 0 Å². The molecule has 0 saturated heterocycles. The lowest BCUT2D eigenvalue weighted by molar-refractivity contribution is -0.135. The average molecular weight is 440 g/mol. The number of hydrogen-bond acceptors (Lipinski definition) is 3. The Kier molecular flexibility index (Phi) is 5.85. The molecular weight excluding hydrogens is 421 g/mol. The number of halogens is 3. The summed E-state index contributed by atoms with van der Waals surface area (Å²) in [7, 11) is 0. The maximum atomic E-state index is 13.9. The Bertz CT molecular complexity index is 1160. The van der Waals surface area contributed by atoms with Gasteiger partial charge in [-0.3, -0.25) is 9.59 Å². The van der Waals surface area contributed by atoms with Crippen molar-refractivity contribution < 1.29 is 27.5 Å². The van der Waals surface area contributed by atoms with E-state index in [1.165, 1.54) is 24.3 Å². The van der Waals surface area contributed by atoms with E-state index < -0.39 is 23.1 Å². The van der Waals surface area contributed by atoms with Crippen molar-refractivity contribution >= 4 is 17.5 Å². The molecule has 1 atom stereocenters. The molecule has 4 rings (SSSR count). The molecule has 0 aromatic heterocycles. The summed E-state index contributed by atoms with van der Waals surface area (Å²) in [5, 5.41) is 2.48. The molecule has 0 saturated carbocycles. The van der Waals surface area contributed by atoms with E-state index in [0.29, 0.717) is 17.0 Å². The molecule has 2 amide bonds. The Balaban J connectivity index is 1.59. The van der Waals surface area contributed by atoms with Crippen molar-refractivity contribution in [3.63, 3.8) is 0 Å². The standard InChI is InChI=1S/C24H19F3N2O3/c1-14(15-5-7-17(25)8-6-15)29-12-16-11-18(9-10-21(16)32-13-22(29)30)28-24(31)23-19(26)3-2-4-20(23)27/h2-11,14H,12-13H2,1H3,(H,28,31)/t14-/m1/s1. The summed E-state index contributed by atoms with van der Waals surface area (Å²) in [6, 6.07) is 13.4. The van der Waals surface area contributed by atoms with Crippen molar-refractivity contribution in [2.75, 3.05) is 11.9 Å². The molecule has 0 fully saturated rings. The van der Waals surface area contributed by atoms with Gasteiger partial charge in [0.2, 0.25) is 0 Å². The quantitative estimate of drug-likeness (QED) is 0.632. The van der Waals surface area contributed by atoms with Gasteiger partial charge in [-0.15, -0.1) is 0 Å². The first kappa shape index (κ1) is 21.4. The van der Waals surface area contributed by atoms with Crippen LogP contribution in [0.3, 0.4) is 0 Å². The molecule has 1 aliphatic rings. The summed E-state index contributed by atoms with van der Waals surface area (Å²) in [6.45, 7) is 1.82. The predicted octanol–water partition coefficient (Wildman–Crippen LogP) is 4.84. The number of amides is 2. The highest BCUT2D eigenvalue weighted by Gasteiger charge is 2.27. The lowest BCUT2D eigenvalue weighted by atomic mass is 10.1. The number of benzene rings is 3. The number of carbonyl (C=O) groups is 2. The van der Waals surface area contributed by atoms with Crippen LogP contribution >= 0.6 is 0 Å². The second-order valence-corrected chi connectivity index (χ2v) is 7.41. The molecule has 32 heavy (non-hydrogen) atoms. The van der Waals surface area contributed by atoms with E-state index in [1.807, 2.05) is 6.92 Å². The first-order valence-electron chi connectivity index (χ1n) is 9.89. The van der Waals surface area contributed by atoms with Gasteiger partial charge in [0.25, 0.3) is 11.8 Å². The van der Waals surface area contributed by atoms with Gasteiger partial charge in [-0.25, -0.2) is 13.2 Å². The van der Waals surface area contributed by atoms with Crippen molar-refractivity contribution in [2.45, 2.75) is 19.5 Å². The summed E-state index contributed by atoms with van der Waals surface area (Å²) in [4.78, 5) is 26.7. The third-order valence-electron chi connectivity index (χ3n) is 5.34. The number of ether oxygens (including phenoxy) is 1. The Morgan fingerprint density at radius 2 is 1.72 bits per heavy atom. The molecule has 3 aromatic carbocycles. The maximum Gasteiger partial charge on any atom is 0.261 e. The van der Waals surface area contributed by atoms with Crippen LogP contribution in [-0.4, -0.2) is 23.3 Å². The lowest BCUT2D eigenvalue weighted by Crippen LogP contribution is -2.34. The van der Waals surface area contributed by atoms with Crippen molar-refractivity contribution in [1.29, 1.82) is 0 Å². The van der Waals surface area contributed by atoms with Gasteiger partial charge in [0.1, 0.15) is 28.8 Å². The highest BCUT2D eigenvalue weighted by atomic mass is 19.1. The van der Waals surface area contributed by atoms with Crippen LogP contribution in [0.15, 0.2) is 60.7 Å². The van der Waals surface area contributed by atoms with E-state index in [1.54, 1.807) is 29.2 Å². The van der Waals surface area contributed by atoms with Crippen LogP contribution in [0.4, 0.5) is 18.9 Å². The van der Waals surface area contributed by atoms with Crippen LogP contribution in [-0.2, 0) is 11.3 Å². The molecule has 3 aromatic rings. The number of anilines is 1. The highest BCUT2D eigenvalue weighted by Crippen LogP contribution is 2.31. The second kappa shape index (κ2) is 8.74. The van der Waals surface area contributed by atoms with Crippen LogP contribution in [0.25, 0.3) is 0 Å². The summed E-state index contributed by atoms with van der Waals surface area (Å²) in [6.07, 6.45) is 0. The Labute approximate surface area is 182 Å². The largest absolute Gasteiger partial charge is 0.483 e. The number of fused-ring (bicyclic) bond motifs is 1. The molecule has 1 N–H and O–H groups in total. The molecule has 5 nitrogen and oxygen atoms in total. The van der Waals surface area contributed by atoms with E-state index in [2.05, 4.69) is 5.32 Å². The third kappa shape index (κ3) is 4.30. The van der Waals surface area contributed by atoms with Crippen LogP contribution in [0.2, 0.25) is 0 Å². The van der Waals surface area contributed by atoms with E-state index in [-0.39, 0.29) is 30.9 Å². The zero-order chi connectivity index (χ0) is 22.8. The van der Waals surface area contributed by atoms with Gasteiger partial charge < -0.3 is 15.0 Å². The molecular formula is C24H19F3N2O3. The smallest absolute Gasteiger partial charge is 0.261 e. The van der Waals surface area contributed by atoms with Gasteiger partial charge >= 0.3 is 0 Å². The summed E-state index contributed by atoms with van der Waals surface area (Å²) >= 11 is 0. The fourth-order valence-corrected chi connectivity index (χ4v) is 3.60. The van der Waals surface area contributed by atoms with Crippen molar-refractivity contribution in [3.05, 3.63) is 94.8 Å². The van der Waals surface area contributed by atoms with E-state index >= 15 is 0 Å². The molecule has 0 radical (unpaired) electrons. The minimum absolute atomic E-state index is 0.171. The summed E-state index contributed by atoms with van der Waals surface area (Å²) in [5.74, 6) is -3.03. The zero-order valence-corrected chi connectivity index (χ0v) is 17.1. The topological polar surface area (TPSA) is 58.6 Å². The molecule has 0 bridgehead atoms. The monoisotopic (exact) mass is 440 g/mol. The van der Waals surface area contributed by atoms with Crippen LogP contribution < -0.4 is 10.1 Å². The van der Waals surface area contributed by atoms with E-state index in [0.717, 1.165) is 17.7 Å². The van der Waals surface area contributed by atoms with Gasteiger partial charge in [0.05, 0.1) is 12.6 Å². The van der Waals surface area contributed by atoms with Gasteiger partial charge in [0, 0.05) is 11.3 Å². The van der Waals surface area contributed by atoms with E-state index in [4.69, 9.17) is 4.74 Å². The number of carbonyl (C=O) groups excluding carboxylic acids is 2. The molecule has 164 valence electrons. The molecule has 1 heterocycles. The third-order valence-corrected chi connectivity index (χ3v) is 5.34. The fourth-order valence-electron chi connectivity index (χ4n) is 3.60. The second-order valence-electron chi connectivity index (χ2n) is 7.41. The molecule has 0 aliphatic carbocycles. The number of rotatable bonds is 4. The zero-order valence-electron chi connectivity index (χ0n) is 17.1. The number of nitrogens with one attached hydrogen (secondary N) is 1. The minimum atomic E-state index is -0.967. The van der Waals surface area contributed by atoms with Gasteiger partial charge in [-0.05, 0) is 55.0 Å². The van der Waals surface area contributed by atoms with Gasteiger partial charge in [-0.2, -0.15) is 0 Å². The van der Waals surface area contributed by atoms with Crippen LogP contribution in [0.1, 0.15) is 34.5 Å². The summed E-state index contributed by atoms with van der Waals surface area (Å²) in [5.41, 5.74) is 0.975. The predicted molar refractivity (Wildman–Crippen MR) is 112 cm³/mol. The molecule has 0 unspecified atom stereocenters. The first-order chi connectivity index (χ1) is 15.3. The van der Waals surface area contributed by atoms with E-state index in [9.17, 15) is 22.8 Å². The highest BCUT2D eigenvalue weighted by molar-refractivity contribution is 6.04. The first-order valence-corrected chi connectivity index (χ1v) is 9.89. The number of nitrogens with zero attached hydrogens (tertiary/aromatic N) is 1. The van der Waals surface area contributed by atoms with Crippen LogP contribution in [0, 0.1) is 17.5 Å². The minimum Gasteiger partial charge on any atom is -0.483 e. The van der Waals surface area contributed by atoms with Gasteiger partial charge in [-0.1, -0.05) is 18.2 Å². The van der Waals surface area contributed by atoms with Crippen molar-refractivity contribution in [1.82, 2.24) is 4.90 Å². The number of hydrogen-bond donors (Lipinski definition) is 1. The molecule has 1 aliphatic heterocycles. The Hall–Kier alpha value is -3.81. The molecule has 0 spiro atoms. The fraction of sp³-hybridized carbons (Fsp3) is 0.167. The van der Waals surface area contributed by atoms with Crippen LogP contribution in [0.5, 0.6) is 5.75 Å². The Morgan fingerprint density at radius 1 is 1.03 bits per heavy atom. The normalized spacial score (nSPS) is 14.2. The molecule has 8 heteroatoms. The Morgan fingerprint density at radius 3 is 2.41 bits per heavy atom. The SMILES string of the molecule is C[C@H](c1ccc(F)cc1)N1Cc2cc(NC(=O)c3c(F)cccc3F)ccc2OCC1=O.